The summed E-state index contributed by atoms with van der Waals surface area (Å²) in [6.45, 7) is 8.96. The largest absolute Gasteiger partial charge is 0.371 e. The first-order valence-electron chi connectivity index (χ1n) is 7.91. The monoisotopic (exact) mass is 338 g/mol. The first kappa shape index (κ1) is 15.8. The molecule has 1 aliphatic rings. The Morgan fingerprint density at radius 3 is 2.50 bits per heavy atom. The van der Waals surface area contributed by atoms with Gasteiger partial charge in [-0.25, -0.2) is 0 Å². The number of anilines is 1. The average molecular weight is 339 g/mol. The van der Waals surface area contributed by atoms with Crippen molar-refractivity contribution in [2.45, 2.75) is 46.1 Å². The minimum atomic E-state index is 0.698. The van der Waals surface area contributed by atoms with E-state index in [0.717, 1.165) is 13.1 Å². The van der Waals surface area contributed by atoms with Gasteiger partial charge in [-0.2, -0.15) is 0 Å². The molecule has 2 nitrogen and oxygen atoms in total. The number of hydrogen-bond donors (Lipinski definition) is 1. The molecule has 0 aliphatic carbocycles. The highest BCUT2D eigenvalue weighted by atomic mass is 79.9. The molecule has 0 bridgehead atoms. The van der Waals surface area contributed by atoms with E-state index in [2.05, 4.69) is 58.2 Å². The fourth-order valence-corrected chi connectivity index (χ4v) is 3.22. The summed E-state index contributed by atoms with van der Waals surface area (Å²) in [6, 6.07) is 6.72. The van der Waals surface area contributed by atoms with E-state index in [4.69, 9.17) is 0 Å². The van der Waals surface area contributed by atoms with Crippen molar-refractivity contribution in [3.8, 4) is 0 Å². The van der Waals surface area contributed by atoms with Gasteiger partial charge in [-0.1, -0.05) is 42.6 Å². The minimum absolute atomic E-state index is 0.698. The van der Waals surface area contributed by atoms with Crippen molar-refractivity contribution in [3.05, 3.63) is 28.2 Å². The van der Waals surface area contributed by atoms with Gasteiger partial charge < -0.3 is 10.2 Å². The Morgan fingerprint density at radius 1 is 1.15 bits per heavy atom. The number of hydrogen-bond acceptors (Lipinski definition) is 2. The Labute approximate surface area is 132 Å². The number of rotatable bonds is 5. The molecule has 1 heterocycles. The molecule has 1 N–H and O–H groups in total. The van der Waals surface area contributed by atoms with Gasteiger partial charge in [0, 0.05) is 29.8 Å². The molecule has 0 amide bonds. The summed E-state index contributed by atoms with van der Waals surface area (Å²) in [7, 11) is 0. The highest BCUT2D eigenvalue weighted by molar-refractivity contribution is 9.10. The van der Waals surface area contributed by atoms with Crippen LogP contribution in [0.2, 0.25) is 0 Å². The van der Waals surface area contributed by atoms with Gasteiger partial charge in [0.1, 0.15) is 0 Å². The molecule has 20 heavy (non-hydrogen) atoms. The average Bonchev–Trinajstić information content (AvgIpc) is 2.67. The topological polar surface area (TPSA) is 15.3 Å². The SMILES string of the molecule is CC(C)CNCc1cc(Br)ccc1N1CCCCCC1. The van der Waals surface area contributed by atoms with Crippen LogP contribution in [0.1, 0.15) is 45.1 Å². The van der Waals surface area contributed by atoms with Gasteiger partial charge >= 0.3 is 0 Å². The summed E-state index contributed by atoms with van der Waals surface area (Å²) >= 11 is 3.61. The molecule has 1 fully saturated rings. The Balaban J connectivity index is 2.09. The van der Waals surface area contributed by atoms with Crippen LogP contribution in [0.25, 0.3) is 0 Å². The van der Waals surface area contributed by atoms with Crippen LogP contribution in [-0.2, 0) is 6.54 Å². The molecule has 1 aromatic carbocycles. The van der Waals surface area contributed by atoms with Crippen LogP contribution in [0.3, 0.4) is 0 Å². The van der Waals surface area contributed by atoms with Crippen LogP contribution in [-0.4, -0.2) is 19.6 Å². The fraction of sp³-hybridized carbons (Fsp3) is 0.647. The molecule has 0 unspecified atom stereocenters. The van der Waals surface area contributed by atoms with Crippen molar-refractivity contribution < 1.29 is 0 Å². The molecule has 0 aromatic heterocycles. The third kappa shape index (κ3) is 4.78. The summed E-state index contributed by atoms with van der Waals surface area (Å²) in [5, 5.41) is 3.58. The molecular formula is C17H27BrN2. The first-order valence-corrected chi connectivity index (χ1v) is 8.70. The number of halogens is 1. The summed E-state index contributed by atoms with van der Waals surface area (Å²) in [6.07, 6.45) is 5.42. The van der Waals surface area contributed by atoms with Crippen molar-refractivity contribution in [2.75, 3.05) is 24.5 Å². The predicted molar refractivity (Wildman–Crippen MR) is 91.4 cm³/mol. The standard InChI is InChI=1S/C17H27BrN2/c1-14(2)12-19-13-15-11-16(18)7-8-17(15)20-9-5-3-4-6-10-20/h7-8,11,14,19H,3-6,9-10,12-13H2,1-2H3. The van der Waals surface area contributed by atoms with Crippen LogP contribution in [0.5, 0.6) is 0 Å². The molecule has 3 heteroatoms. The van der Waals surface area contributed by atoms with E-state index in [9.17, 15) is 0 Å². The molecule has 2 rings (SSSR count). The molecule has 1 aromatic rings. The van der Waals surface area contributed by atoms with E-state index in [-0.39, 0.29) is 0 Å². The lowest BCUT2D eigenvalue weighted by atomic mass is 10.1. The van der Waals surface area contributed by atoms with Gasteiger partial charge in [0.25, 0.3) is 0 Å². The Kier molecular flexibility index (Phi) is 6.37. The van der Waals surface area contributed by atoms with Gasteiger partial charge in [-0.15, -0.1) is 0 Å². The smallest absolute Gasteiger partial charge is 0.0412 e. The maximum absolute atomic E-state index is 3.61. The van der Waals surface area contributed by atoms with Crippen LogP contribution in [0.4, 0.5) is 5.69 Å². The third-order valence-corrected chi connectivity index (χ3v) is 4.35. The molecular weight excluding hydrogens is 312 g/mol. The van der Waals surface area contributed by atoms with Crippen molar-refractivity contribution in [3.63, 3.8) is 0 Å². The van der Waals surface area contributed by atoms with Crippen LogP contribution in [0, 0.1) is 5.92 Å². The minimum Gasteiger partial charge on any atom is -0.371 e. The molecule has 0 saturated carbocycles. The van der Waals surface area contributed by atoms with E-state index >= 15 is 0 Å². The zero-order valence-corrected chi connectivity index (χ0v) is 14.4. The fourth-order valence-electron chi connectivity index (χ4n) is 2.81. The third-order valence-electron chi connectivity index (χ3n) is 3.86. The van der Waals surface area contributed by atoms with Crippen LogP contribution < -0.4 is 10.2 Å². The molecule has 0 atom stereocenters. The highest BCUT2D eigenvalue weighted by Gasteiger charge is 2.13. The van der Waals surface area contributed by atoms with E-state index in [0.29, 0.717) is 5.92 Å². The number of benzene rings is 1. The Hall–Kier alpha value is -0.540. The normalized spacial score (nSPS) is 16.5. The molecule has 112 valence electrons. The van der Waals surface area contributed by atoms with Crippen molar-refractivity contribution >= 4 is 21.6 Å². The van der Waals surface area contributed by atoms with Crippen molar-refractivity contribution in [1.29, 1.82) is 0 Å². The predicted octanol–water partition coefficient (Wildman–Crippen LogP) is 4.58. The molecule has 0 radical (unpaired) electrons. The van der Waals surface area contributed by atoms with Gasteiger partial charge in [-0.05, 0) is 49.1 Å². The van der Waals surface area contributed by atoms with Crippen LogP contribution >= 0.6 is 15.9 Å². The van der Waals surface area contributed by atoms with Gasteiger partial charge in [0.15, 0.2) is 0 Å². The Bertz CT molecular complexity index is 409. The van der Waals surface area contributed by atoms with Crippen molar-refractivity contribution in [2.24, 2.45) is 5.92 Å². The second-order valence-corrected chi connectivity index (χ2v) is 7.11. The van der Waals surface area contributed by atoms with Crippen LogP contribution in [0.15, 0.2) is 22.7 Å². The summed E-state index contributed by atoms with van der Waals surface area (Å²) in [5.74, 6) is 0.698. The lowest BCUT2D eigenvalue weighted by molar-refractivity contribution is 0.552. The molecule has 1 aliphatic heterocycles. The van der Waals surface area contributed by atoms with Gasteiger partial charge in [-0.3, -0.25) is 0 Å². The summed E-state index contributed by atoms with van der Waals surface area (Å²) in [4.78, 5) is 2.58. The Morgan fingerprint density at radius 2 is 1.85 bits per heavy atom. The van der Waals surface area contributed by atoms with E-state index < -0.39 is 0 Å². The highest BCUT2D eigenvalue weighted by Crippen LogP contribution is 2.27. The zero-order chi connectivity index (χ0) is 14.4. The van der Waals surface area contributed by atoms with E-state index in [1.54, 1.807) is 0 Å². The lowest BCUT2D eigenvalue weighted by Crippen LogP contribution is -2.27. The maximum Gasteiger partial charge on any atom is 0.0412 e. The second-order valence-electron chi connectivity index (χ2n) is 6.20. The van der Waals surface area contributed by atoms with E-state index in [1.807, 2.05) is 0 Å². The quantitative estimate of drug-likeness (QED) is 0.845. The molecule has 0 spiro atoms. The van der Waals surface area contributed by atoms with Crippen molar-refractivity contribution in [1.82, 2.24) is 5.32 Å². The second kappa shape index (κ2) is 8.04. The zero-order valence-electron chi connectivity index (χ0n) is 12.8. The van der Waals surface area contributed by atoms with Gasteiger partial charge in [0.05, 0.1) is 0 Å². The number of nitrogens with one attached hydrogen (secondary N) is 1. The summed E-state index contributed by atoms with van der Waals surface area (Å²) in [5.41, 5.74) is 2.84. The lowest BCUT2D eigenvalue weighted by Gasteiger charge is -2.26. The molecule has 1 saturated heterocycles. The first-order chi connectivity index (χ1) is 9.66. The van der Waals surface area contributed by atoms with Gasteiger partial charge in [0.2, 0.25) is 0 Å². The van der Waals surface area contributed by atoms with E-state index in [1.165, 1.54) is 54.5 Å². The summed E-state index contributed by atoms with van der Waals surface area (Å²) < 4.78 is 1.18. The number of nitrogens with zero attached hydrogens (tertiary/aromatic N) is 1. The maximum atomic E-state index is 3.61.